The number of hydrogen-bond acceptors (Lipinski definition) is 2. The van der Waals surface area contributed by atoms with E-state index in [2.05, 4.69) is 6.58 Å². The second-order valence-corrected chi connectivity index (χ2v) is 3.63. The van der Waals surface area contributed by atoms with Gasteiger partial charge in [0.15, 0.2) is 0 Å². The third-order valence-electron chi connectivity index (χ3n) is 1.45. The van der Waals surface area contributed by atoms with Crippen molar-refractivity contribution in [1.82, 2.24) is 4.57 Å². The summed E-state index contributed by atoms with van der Waals surface area (Å²) >= 11 is 0. The summed E-state index contributed by atoms with van der Waals surface area (Å²) < 4.78 is 6.98. The molecule has 0 radical (unpaired) electrons. The first kappa shape index (κ1) is 7.49. The molecular weight excluding hydrogens is 146 g/mol. The Kier molecular flexibility index (Phi) is 2.64. The summed E-state index contributed by atoms with van der Waals surface area (Å²) in [6, 6.07) is 0. The van der Waals surface area contributed by atoms with Gasteiger partial charge in [-0.3, -0.25) is 4.79 Å². The molecule has 1 aliphatic rings. The fourth-order valence-corrected chi connectivity index (χ4v) is 2.06. The van der Waals surface area contributed by atoms with E-state index in [0.29, 0.717) is 0 Å². The van der Waals surface area contributed by atoms with Crippen LogP contribution in [0, 0.1) is 0 Å². The molecule has 0 saturated carbocycles. The quantitative estimate of drug-likeness (QED) is 0.376. The molecule has 0 aromatic rings. The van der Waals surface area contributed by atoms with Gasteiger partial charge < -0.3 is 8.99 Å². The monoisotopic (exact) mass is 157 g/mol. The van der Waals surface area contributed by atoms with E-state index in [1.54, 1.807) is 4.57 Å². The summed E-state index contributed by atoms with van der Waals surface area (Å²) in [5.41, 5.74) is 0. The number of amides is 1. The normalized spacial score (nSPS) is 21.0. The van der Waals surface area contributed by atoms with Crippen molar-refractivity contribution in [3.05, 3.63) is 12.7 Å². The summed E-state index contributed by atoms with van der Waals surface area (Å²) in [5, 5.41) is 0. The van der Waals surface area contributed by atoms with E-state index >= 15 is 0 Å². The second kappa shape index (κ2) is 3.53. The van der Waals surface area contributed by atoms with Crippen LogP contribution < -0.4 is 0 Å². The van der Waals surface area contributed by atoms with Crippen molar-refractivity contribution in [2.75, 3.05) is 13.2 Å². The number of hydrogen-bond donors (Lipinski definition) is 0. The lowest BCUT2D eigenvalue weighted by molar-refractivity contribution is -0.123. The van der Waals surface area contributed by atoms with E-state index in [-0.39, 0.29) is 5.91 Å². The van der Waals surface area contributed by atoms with E-state index in [9.17, 15) is 4.79 Å². The first-order valence-electron chi connectivity index (χ1n) is 3.33. The third kappa shape index (κ3) is 1.68. The van der Waals surface area contributed by atoms with Crippen LogP contribution in [0.5, 0.6) is 0 Å². The zero-order valence-electron chi connectivity index (χ0n) is 5.88. The number of carbonyl (C=O) groups is 1. The van der Waals surface area contributed by atoms with Crippen LogP contribution in [0.2, 0.25) is 0 Å². The maximum atomic E-state index is 10.9. The highest BCUT2D eigenvalue weighted by Gasteiger charge is 2.13. The molecule has 0 spiro atoms. The van der Waals surface area contributed by atoms with E-state index < -0.39 is 9.92 Å². The summed E-state index contributed by atoms with van der Waals surface area (Å²) in [4.78, 5) is 10.9. The van der Waals surface area contributed by atoms with Gasteiger partial charge in [-0.15, -0.1) is 0 Å². The Morgan fingerprint density at radius 3 is 3.10 bits per heavy atom. The van der Waals surface area contributed by atoms with Crippen molar-refractivity contribution in [3.8, 4) is 0 Å². The van der Waals surface area contributed by atoms with Crippen LogP contribution in [-0.2, 0) is 9.22 Å². The first-order valence-corrected chi connectivity index (χ1v) is 4.54. The molecule has 3 nitrogen and oxygen atoms in total. The molecule has 0 aromatic carbocycles. The lowest BCUT2D eigenvalue weighted by Gasteiger charge is -2.25. The van der Waals surface area contributed by atoms with Gasteiger partial charge in [0.1, 0.15) is 0 Å². The Morgan fingerprint density at radius 1 is 1.80 bits per heavy atom. The lowest BCUT2D eigenvalue weighted by atomic mass is 10.4. The number of rotatable bonds is 1. The molecule has 0 bridgehead atoms. The van der Waals surface area contributed by atoms with Crippen LogP contribution in [-0.4, -0.2) is 33.5 Å². The molecule has 4 heteroatoms. The molecule has 0 unspecified atom stereocenters. The first-order chi connectivity index (χ1) is 4.84. The fourth-order valence-electron chi connectivity index (χ4n) is 0.900. The Balaban J connectivity index is 2.38. The highest BCUT2D eigenvalue weighted by molar-refractivity contribution is 6.30. The van der Waals surface area contributed by atoms with Gasteiger partial charge in [0.05, 0.1) is 0 Å². The van der Waals surface area contributed by atoms with Crippen LogP contribution in [0.25, 0.3) is 0 Å². The minimum atomic E-state index is -0.723. The molecule has 56 valence electrons. The van der Waals surface area contributed by atoms with Gasteiger partial charge in [0.25, 0.3) is 9.92 Å². The van der Waals surface area contributed by atoms with E-state index in [1.165, 1.54) is 6.08 Å². The molecular formula is C6H11NO2Si. The minimum absolute atomic E-state index is 0.0198. The van der Waals surface area contributed by atoms with Gasteiger partial charge in [-0.1, -0.05) is 6.58 Å². The van der Waals surface area contributed by atoms with Crippen LogP contribution >= 0.6 is 0 Å². The highest BCUT2D eigenvalue weighted by atomic mass is 28.2. The maximum absolute atomic E-state index is 10.9. The molecule has 0 aliphatic carbocycles. The molecule has 0 N–H and O–H groups in total. The predicted molar refractivity (Wildman–Crippen MR) is 41.0 cm³/mol. The molecule has 1 rings (SSSR count). The van der Waals surface area contributed by atoms with E-state index in [0.717, 1.165) is 19.6 Å². The number of carbonyl (C=O) groups excluding carboxylic acids is 1. The fraction of sp³-hybridized carbons (Fsp3) is 0.500. The summed E-state index contributed by atoms with van der Waals surface area (Å²) in [6.45, 7) is 5.10. The van der Waals surface area contributed by atoms with Crippen LogP contribution in [0.3, 0.4) is 0 Å². The molecule has 1 aliphatic heterocycles. The third-order valence-corrected chi connectivity index (χ3v) is 2.86. The molecule has 0 atom stereocenters. The SMILES string of the molecule is C=CC(=O)N1CCCO[SiH2]1. The van der Waals surface area contributed by atoms with Crippen molar-refractivity contribution in [3.63, 3.8) is 0 Å². The topological polar surface area (TPSA) is 29.5 Å². The van der Waals surface area contributed by atoms with E-state index in [4.69, 9.17) is 4.43 Å². The van der Waals surface area contributed by atoms with Crippen molar-refractivity contribution < 1.29 is 9.22 Å². The van der Waals surface area contributed by atoms with Crippen molar-refractivity contribution in [1.29, 1.82) is 0 Å². The van der Waals surface area contributed by atoms with Crippen molar-refractivity contribution >= 4 is 15.8 Å². The van der Waals surface area contributed by atoms with Crippen LogP contribution in [0.15, 0.2) is 12.7 Å². The van der Waals surface area contributed by atoms with Crippen LogP contribution in [0.4, 0.5) is 0 Å². The summed E-state index contributed by atoms with van der Waals surface area (Å²) in [6.07, 6.45) is 2.31. The van der Waals surface area contributed by atoms with Crippen molar-refractivity contribution in [2.45, 2.75) is 6.42 Å². The standard InChI is InChI=1S/C6H11NO2Si/c1-2-6(8)7-4-3-5-9-10-7/h2H,1,3-5,10H2. The summed E-state index contributed by atoms with van der Waals surface area (Å²) in [5.74, 6) is 0.0198. The van der Waals surface area contributed by atoms with E-state index in [1.807, 2.05) is 0 Å². The van der Waals surface area contributed by atoms with Gasteiger partial charge in [0, 0.05) is 13.2 Å². The Morgan fingerprint density at radius 2 is 2.60 bits per heavy atom. The zero-order valence-corrected chi connectivity index (χ0v) is 7.29. The average molecular weight is 157 g/mol. The van der Waals surface area contributed by atoms with Gasteiger partial charge in [-0.05, 0) is 12.5 Å². The molecule has 1 heterocycles. The molecule has 0 aromatic heterocycles. The molecule has 1 saturated heterocycles. The Hall–Kier alpha value is -0.613. The largest absolute Gasteiger partial charge is 0.403 e. The maximum Gasteiger partial charge on any atom is 0.269 e. The molecule has 1 amide bonds. The summed E-state index contributed by atoms with van der Waals surface area (Å²) in [7, 11) is -0.723. The lowest BCUT2D eigenvalue weighted by Crippen LogP contribution is -2.39. The van der Waals surface area contributed by atoms with Crippen molar-refractivity contribution in [2.24, 2.45) is 0 Å². The molecule has 10 heavy (non-hydrogen) atoms. The Bertz CT molecular complexity index is 143. The van der Waals surface area contributed by atoms with Gasteiger partial charge in [0.2, 0.25) is 5.91 Å². The van der Waals surface area contributed by atoms with Gasteiger partial charge in [-0.25, -0.2) is 0 Å². The smallest absolute Gasteiger partial charge is 0.269 e. The van der Waals surface area contributed by atoms with Crippen LogP contribution in [0.1, 0.15) is 6.42 Å². The van der Waals surface area contributed by atoms with Gasteiger partial charge >= 0.3 is 0 Å². The second-order valence-electron chi connectivity index (χ2n) is 2.20. The number of nitrogens with zero attached hydrogens (tertiary/aromatic N) is 1. The predicted octanol–water partition coefficient (Wildman–Crippen LogP) is -0.580. The highest BCUT2D eigenvalue weighted by Crippen LogP contribution is 1.98. The molecule has 1 fully saturated rings. The zero-order chi connectivity index (χ0) is 7.40. The van der Waals surface area contributed by atoms with Gasteiger partial charge in [-0.2, -0.15) is 0 Å². The Labute approximate surface area is 62.7 Å². The average Bonchev–Trinajstić information content (AvgIpc) is 2.05. The minimum Gasteiger partial charge on any atom is -0.403 e.